The van der Waals surface area contributed by atoms with Gasteiger partial charge in [0.2, 0.25) is 0 Å². The van der Waals surface area contributed by atoms with Gasteiger partial charge in [-0.1, -0.05) is 9.74 Å². The minimum atomic E-state index is -3.22. The molecule has 31 heavy (non-hydrogen) atoms. The summed E-state index contributed by atoms with van der Waals surface area (Å²) >= 11 is 0. The Bertz CT molecular complexity index is 685. The quantitative estimate of drug-likeness (QED) is 0.141. The van der Waals surface area contributed by atoms with Gasteiger partial charge in [-0.3, -0.25) is 9.63 Å². The lowest BCUT2D eigenvalue weighted by molar-refractivity contribution is -0.247. The molecule has 0 aromatic carbocycles. The van der Waals surface area contributed by atoms with Crippen molar-refractivity contribution >= 4 is 14.1 Å². The van der Waals surface area contributed by atoms with Crippen LogP contribution in [0.2, 0.25) is 0 Å². The maximum Gasteiger partial charge on any atom is 0.425 e. The maximum absolute atomic E-state index is 15.2. The first-order valence-corrected chi connectivity index (χ1v) is 10.7. The SMILES string of the molecule is CC(C)OC(=O)[C@H](C)N(N[P+](=O)[O-])OC[C@H]1O[C@@H](N2C=C[C@@H](O)N[C@H]2O)[C@](C)(F)[C@@H]1O. The summed E-state index contributed by atoms with van der Waals surface area (Å²) in [6, 6.07) is -1.21. The van der Waals surface area contributed by atoms with E-state index < -0.39 is 69.6 Å². The number of alkyl halides is 1. The van der Waals surface area contributed by atoms with E-state index in [0.717, 1.165) is 11.8 Å². The fourth-order valence-electron chi connectivity index (χ4n) is 3.03. The molecule has 0 radical (unpaired) electrons. The number of esters is 1. The van der Waals surface area contributed by atoms with E-state index in [1.165, 1.54) is 19.2 Å². The highest BCUT2D eigenvalue weighted by atomic mass is 31.1. The van der Waals surface area contributed by atoms with E-state index in [1.54, 1.807) is 13.8 Å². The molecule has 8 atom stereocenters. The Morgan fingerprint density at radius 1 is 1.45 bits per heavy atom. The number of aliphatic hydroxyl groups is 3. The van der Waals surface area contributed by atoms with Gasteiger partial charge in [-0.05, 0) is 39.0 Å². The van der Waals surface area contributed by atoms with E-state index in [2.05, 4.69) is 5.32 Å². The third-order valence-electron chi connectivity index (χ3n) is 4.63. The van der Waals surface area contributed by atoms with Crippen LogP contribution in [0.5, 0.6) is 0 Å². The van der Waals surface area contributed by atoms with Gasteiger partial charge in [0.05, 0.1) is 12.7 Å². The predicted octanol–water partition coefficient (Wildman–Crippen LogP) is -2.09. The normalized spacial score (nSPS) is 35.0. The largest absolute Gasteiger partial charge is 0.577 e. The lowest BCUT2D eigenvalue weighted by Gasteiger charge is -2.39. The summed E-state index contributed by atoms with van der Waals surface area (Å²) < 4.78 is 36.8. The molecule has 5 N–H and O–H groups in total. The molecule has 2 rings (SSSR count). The highest BCUT2D eigenvalue weighted by Gasteiger charge is 2.57. The van der Waals surface area contributed by atoms with Crippen molar-refractivity contribution in [1.82, 2.24) is 20.6 Å². The van der Waals surface area contributed by atoms with E-state index in [4.69, 9.17) is 14.3 Å². The summed E-state index contributed by atoms with van der Waals surface area (Å²) in [6.07, 6.45) is -5.15. The van der Waals surface area contributed by atoms with E-state index >= 15 is 4.39 Å². The molecular weight excluding hydrogens is 442 g/mol. The highest BCUT2D eigenvalue weighted by Crippen LogP contribution is 2.37. The minimum absolute atomic E-state index is 0.457. The topological polar surface area (TPSA) is 176 Å². The van der Waals surface area contributed by atoms with Crippen molar-refractivity contribution in [2.24, 2.45) is 0 Å². The van der Waals surface area contributed by atoms with Crippen molar-refractivity contribution in [3.8, 4) is 0 Å². The fourth-order valence-corrected chi connectivity index (χ4v) is 3.42. The fraction of sp³-hybridized carbons (Fsp3) is 0.812. The van der Waals surface area contributed by atoms with Crippen LogP contribution in [0.15, 0.2) is 12.3 Å². The van der Waals surface area contributed by atoms with Gasteiger partial charge < -0.3 is 34.6 Å². The molecule has 1 fully saturated rings. The average Bonchev–Trinajstić information content (AvgIpc) is 2.87. The summed E-state index contributed by atoms with van der Waals surface area (Å²) in [7, 11) is -3.22. The van der Waals surface area contributed by atoms with Crippen molar-refractivity contribution in [3.63, 3.8) is 0 Å². The summed E-state index contributed by atoms with van der Waals surface area (Å²) in [5.41, 5.74) is -2.38. The first kappa shape index (κ1) is 25.9. The zero-order valence-corrected chi connectivity index (χ0v) is 18.3. The Hall–Kier alpha value is -1.32. The van der Waals surface area contributed by atoms with Crippen LogP contribution in [0, 0.1) is 0 Å². The molecule has 2 heterocycles. The first-order chi connectivity index (χ1) is 14.3. The van der Waals surface area contributed by atoms with Crippen LogP contribution >= 0.6 is 8.18 Å². The zero-order valence-electron chi connectivity index (χ0n) is 17.4. The molecule has 2 aliphatic rings. The second-order valence-electron chi connectivity index (χ2n) is 7.54. The molecule has 13 nitrogen and oxygen atoms in total. The van der Waals surface area contributed by atoms with Crippen LogP contribution in [0.1, 0.15) is 27.7 Å². The highest BCUT2D eigenvalue weighted by molar-refractivity contribution is 7.33. The summed E-state index contributed by atoms with van der Waals surface area (Å²) in [6.45, 7) is 5.05. The minimum Gasteiger partial charge on any atom is -0.577 e. The number of halogens is 1. The molecule has 2 aliphatic heterocycles. The second-order valence-corrected chi connectivity index (χ2v) is 8.25. The molecule has 0 amide bonds. The van der Waals surface area contributed by atoms with Gasteiger partial charge in [0.15, 0.2) is 18.2 Å². The van der Waals surface area contributed by atoms with Crippen molar-refractivity contribution in [1.29, 1.82) is 0 Å². The number of nitrogens with zero attached hydrogens (tertiary/aromatic N) is 2. The number of nitrogens with one attached hydrogen (secondary N) is 2. The number of carbonyl (C=O) groups is 1. The van der Waals surface area contributed by atoms with Crippen LogP contribution in [-0.4, -0.2) is 86.8 Å². The number of rotatable bonds is 9. The third-order valence-corrected chi connectivity index (χ3v) is 4.99. The number of hydrogen-bond acceptors (Lipinski definition) is 12. The van der Waals surface area contributed by atoms with Crippen LogP contribution in [-0.2, 0) is 23.7 Å². The molecule has 178 valence electrons. The maximum atomic E-state index is 15.2. The molecule has 0 spiro atoms. The molecule has 0 bridgehead atoms. The second kappa shape index (κ2) is 10.5. The molecule has 0 saturated carbocycles. The smallest absolute Gasteiger partial charge is 0.425 e. The number of hydroxylamine groups is 1. The summed E-state index contributed by atoms with van der Waals surface area (Å²) in [5, 5.41) is 34.7. The Morgan fingerprint density at radius 3 is 2.65 bits per heavy atom. The summed E-state index contributed by atoms with van der Waals surface area (Å²) in [5.74, 6) is -0.786. The third kappa shape index (κ3) is 6.35. The predicted molar refractivity (Wildman–Crippen MR) is 99.5 cm³/mol. The first-order valence-electron chi connectivity index (χ1n) is 9.48. The van der Waals surface area contributed by atoms with Gasteiger partial charge in [-0.25, -0.2) is 9.71 Å². The monoisotopic (exact) mass is 470 g/mol. The van der Waals surface area contributed by atoms with Gasteiger partial charge in [0.25, 0.3) is 0 Å². The van der Waals surface area contributed by atoms with Gasteiger partial charge in [-0.15, -0.1) is 0 Å². The van der Waals surface area contributed by atoms with Crippen molar-refractivity contribution in [2.75, 3.05) is 6.61 Å². The van der Waals surface area contributed by atoms with Crippen LogP contribution in [0.3, 0.4) is 0 Å². The molecule has 1 unspecified atom stereocenters. The number of aliphatic hydroxyl groups excluding tert-OH is 3. The molecule has 0 aromatic rings. The summed E-state index contributed by atoms with van der Waals surface area (Å²) in [4.78, 5) is 29.4. The number of hydrazine groups is 1. The zero-order chi connectivity index (χ0) is 23.5. The van der Waals surface area contributed by atoms with Crippen molar-refractivity contribution in [2.45, 2.75) is 76.5 Å². The molecule has 0 aliphatic carbocycles. The van der Waals surface area contributed by atoms with E-state index in [1.807, 2.05) is 5.20 Å². The van der Waals surface area contributed by atoms with Gasteiger partial charge in [0, 0.05) is 6.20 Å². The molecule has 0 aromatic heterocycles. The number of hydrogen-bond donors (Lipinski definition) is 5. The average molecular weight is 470 g/mol. The lowest BCUT2D eigenvalue weighted by Crippen LogP contribution is -2.58. The van der Waals surface area contributed by atoms with E-state index in [-0.39, 0.29) is 0 Å². The molecule has 15 heteroatoms. The van der Waals surface area contributed by atoms with Gasteiger partial charge in [0.1, 0.15) is 24.5 Å². The lowest BCUT2D eigenvalue weighted by atomic mass is 9.98. The molecule has 1 saturated heterocycles. The molecular formula is C16H28FN4O9P. The van der Waals surface area contributed by atoms with E-state index in [0.29, 0.717) is 5.17 Å². The van der Waals surface area contributed by atoms with Gasteiger partial charge in [-0.2, -0.15) is 0 Å². The Morgan fingerprint density at radius 2 is 2.10 bits per heavy atom. The van der Waals surface area contributed by atoms with Crippen LogP contribution in [0.25, 0.3) is 0 Å². The van der Waals surface area contributed by atoms with E-state index in [9.17, 15) is 29.6 Å². The van der Waals surface area contributed by atoms with Crippen molar-refractivity contribution < 1.29 is 48.3 Å². The standard InChI is InChI=1S/C16H28FN4O9P/c1-8(2)29-13(24)9(3)21(19-31(26)27)28-7-10-12(23)16(4,17)14(30-10)20-6-5-11(22)18-15(20)25/h5-6,8-12,14-15,18,22-23,25H,7H2,1-4H3,(H,19,26,27)/t9-,10+,11+,12+,14+,15+,16+/m0/s1. The Balaban J connectivity index is 2.08. The number of ether oxygens (including phenoxy) is 2. The number of carbonyl (C=O) groups excluding carboxylic acids is 1. The van der Waals surface area contributed by atoms with Crippen LogP contribution in [0.4, 0.5) is 4.39 Å². The van der Waals surface area contributed by atoms with Crippen LogP contribution < -0.4 is 15.4 Å². The Labute approximate surface area is 179 Å². The van der Waals surface area contributed by atoms with Gasteiger partial charge >= 0.3 is 14.1 Å². The Kier molecular flexibility index (Phi) is 8.81. The van der Waals surface area contributed by atoms with Crippen molar-refractivity contribution in [3.05, 3.63) is 12.3 Å².